The van der Waals surface area contributed by atoms with Crippen LogP contribution in [0.5, 0.6) is 0 Å². The summed E-state index contributed by atoms with van der Waals surface area (Å²) in [4.78, 5) is 0. The number of aliphatic hydroxyl groups is 1. The fourth-order valence-electron chi connectivity index (χ4n) is 1.32. The predicted molar refractivity (Wildman–Crippen MR) is 44.3 cm³/mol. The van der Waals surface area contributed by atoms with Crippen LogP contribution in [0.15, 0.2) is 0 Å². The number of rotatable bonds is 0. The summed E-state index contributed by atoms with van der Waals surface area (Å²) in [6, 6.07) is 0.0486. The second-order valence-electron chi connectivity index (χ2n) is 2.87. The van der Waals surface area contributed by atoms with Crippen LogP contribution in [0.1, 0.15) is 32.1 Å². The van der Waals surface area contributed by atoms with Gasteiger partial charge in [-0.1, -0.05) is 19.3 Å². The summed E-state index contributed by atoms with van der Waals surface area (Å²) in [7, 11) is 0. The molecule has 1 aliphatic carbocycles. The molecule has 1 aliphatic rings. The smallest absolute Gasteiger partial charge is 0.0691 e. The molecule has 10 heavy (non-hydrogen) atoms. The van der Waals surface area contributed by atoms with Crippen molar-refractivity contribution in [2.75, 3.05) is 0 Å². The van der Waals surface area contributed by atoms with Crippen LogP contribution in [0, 0.1) is 0 Å². The maximum absolute atomic E-state index is 9.23. The minimum absolute atomic E-state index is 0. The Balaban J connectivity index is 0.000000810. The molecule has 0 aliphatic heterocycles. The summed E-state index contributed by atoms with van der Waals surface area (Å²) in [5, 5.41) is 9.23. The fourth-order valence-corrected chi connectivity index (χ4v) is 1.32. The van der Waals surface area contributed by atoms with E-state index < -0.39 is 0 Å². The molecular weight excluding hydrogens is 150 g/mol. The van der Waals surface area contributed by atoms with Crippen LogP contribution in [0.3, 0.4) is 0 Å². The average molecular weight is 166 g/mol. The quantitative estimate of drug-likeness (QED) is 0.528. The monoisotopic (exact) mass is 165 g/mol. The van der Waals surface area contributed by atoms with E-state index >= 15 is 0 Å². The highest BCUT2D eigenvalue weighted by Gasteiger charge is 2.16. The molecule has 62 valence electrons. The molecule has 3 heteroatoms. The van der Waals surface area contributed by atoms with Crippen LogP contribution >= 0.6 is 12.4 Å². The molecule has 0 radical (unpaired) electrons. The first-order chi connectivity index (χ1) is 4.30. The average Bonchev–Trinajstić information content (AvgIpc) is 1.99. The molecule has 0 heterocycles. The van der Waals surface area contributed by atoms with Crippen LogP contribution in [0.4, 0.5) is 0 Å². The van der Waals surface area contributed by atoms with Crippen LogP contribution in [-0.4, -0.2) is 17.3 Å². The van der Waals surface area contributed by atoms with Gasteiger partial charge in [0.15, 0.2) is 0 Å². The molecule has 1 saturated carbocycles. The van der Waals surface area contributed by atoms with E-state index in [0.717, 1.165) is 19.3 Å². The van der Waals surface area contributed by atoms with E-state index in [9.17, 15) is 5.11 Å². The van der Waals surface area contributed by atoms with Gasteiger partial charge in [0.2, 0.25) is 0 Å². The van der Waals surface area contributed by atoms with Crippen molar-refractivity contribution in [2.45, 2.75) is 44.2 Å². The molecule has 2 nitrogen and oxygen atoms in total. The fraction of sp³-hybridized carbons (Fsp3) is 1.00. The van der Waals surface area contributed by atoms with E-state index in [1.807, 2.05) is 0 Å². The van der Waals surface area contributed by atoms with Crippen molar-refractivity contribution in [1.82, 2.24) is 0 Å². The first-order valence-electron chi connectivity index (χ1n) is 3.74. The topological polar surface area (TPSA) is 46.2 Å². The van der Waals surface area contributed by atoms with Crippen LogP contribution in [-0.2, 0) is 0 Å². The molecule has 0 amide bonds. The lowest BCUT2D eigenvalue weighted by Crippen LogP contribution is -2.33. The van der Waals surface area contributed by atoms with Crippen molar-refractivity contribution in [3.05, 3.63) is 0 Å². The van der Waals surface area contributed by atoms with E-state index in [1.165, 1.54) is 12.8 Å². The molecule has 3 N–H and O–H groups in total. The van der Waals surface area contributed by atoms with Gasteiger partial charge in [0, 0.05) is 6.04 Å². The number of halogens is 1. The Kier molecular flexibility index (Phi) is 5.04. The molecule has 0 spiro atoms. The molecule has 0 aromatic carbocycles. The number of nitrogens with two attached hydrogens (primary N) is 1. The highest BCUT2D eigenvalue weighted by Crippen LogP contribution is 2.15. The predicted octanol–water partition coefficient (Wildman–Crippen LogP) is 1.06. The zero-order valence-electron chi connectivity index (χ0n) is 6.12. The Hall–Kier alpha value is 0.210. The second kappa shape index (κ2) is 4.94. The third-order valence-corrected chi connectivity index (χ3v) is 2.03. The Morgan fingerprint density at radius 1 is 1.10 bits per heavy atom. The molecule has 1 rings (SSSR count). The maximum atomic E-state index is 9.23. The molecule has 0 aromatic rings. The lowest BCUT2D eigenvalue weighted by atomic mass is 10.1. The zero-order chi connectivity index (χ0) is 6.69. The highest BCUT2D eigenvalue weighted by atomic mass is 35.5. The lowest BCUT2D eigenvalue weighted by molar-refractivity contribution is 0.137. The minimum Gasteiger partial charge on any atom is -0.392 e. The summed E-state index contributed by atoms with van der Waals surface area (Å²) >= 11 is 0. The van der Waals surface area contributed by atoms with Crippen LogP contribution < -0.4 is 5.73 Å². The number of aliphatic hydroxyl groups excluding tert-OH is 1. The Morgan fingerprint density at radius 3 is 2.40 bits per heavy atom. The van der Waals surface area contributed by atoms with Crippen molar-refractivity contribution in [1.29, 1.82) is 0 Å². The molecule has 1 fully saturated rings. The molecule has 0 bridgehead atoms. The van der Waals surface area contributed by atoms with Crippen molar-refractivity contribution in [2.24, 2.45) is 5.73 Å². The summed E-state index contributed by atoms with van der Waals surface area (Å²) in [5.41, 5.74) is 5.63. The van der Waals surface area contributed by atoms with Gasteiger partial charge in [-0.3, -0.25) is 0 Å². The molecule has 2 atom stereocenters. The van der Waals surface area contributed by atoms with Gasteiger partial charge in [-0.25, -0.2) is 0 Å². The van der Waals surface area contributed by atoms with Gasteiger partial charge in [-0.15, -0.1) is 12.4 Å². The summed E-state index contributed by atoms with van der Waals surface area (Å²) in [6.45, 7) is 0. The van der Waals surface area contributed by atoms with Crippen molar-refractivity contribution in [3.8, 4) is 0 Å². The molecular formula is C7H16ClNO. The Labute approximate surface area is 68.2 Å². The van der Waals surface area contributed by atoms with Gasteiger partial charge in [0.25, 0.3) is 0 Å². The van der Waals surface area contributed by atoms with E-state index in [1.54, 1.807) is 0 Å². The standard InChI is InChI=1S/C7H15NO.ClH/c8-6-4-2-1-3-5-7(6)9;/h6-7,9H,1-5,8H2;1H/t6-,7+;/m0./s1. The summed E-state index contributed by atoms with van der Waals surface area (Å²) in [6.07, 6.45) is 5.26. The summed E-state index contributed by atoms with van der Waals surface area (Å²) in [5.74, 6) is 0. The Morgan fingerprint density at radius 2 is 1.70 bits per heavy atom. The van der Waals surface area contributed by atoms with Crippen LogP contribution in [0.2, 0.25) is 0 Å². The van der Waals surface area contributed by atoms with E-state index in [-0.39, 0.29) is 24.6 Å². The maximum Gasteiger partial charge on any atom is 0.0691 e. The minimum atomic E-state index is -0.229. The van der Waals surface area contributed by atoms with Crippen molar-refractivity contribution < 1.29 is 5.11 Å². The van der Waals surface area contributed by atoms with E-state index in [4.69, 9.17) is 5.73 Å². The van der Waals surface area contributed by atoms with Crippen molar-refractivity contribution >= 4 is 12.4 Å². The normalized spacial score (nSPS) is 34.2. The third-order valence-electron chi connectivity index (χ3n) is 2.03. The first-order valence-corrected chi connectivity index (χ1v) is 3.74. The molecule has 0 aromatic heterocycles. The third kappa shape index (κ3) is 2.86. The van der Waals surface area contributed by atoms with Gasteiger partial charge in [-0.05, 0) is 12.8 Å². The first kappa shape index (κ1) is 10.2. The van der Waals surface area contributed by atoms with E-state index in [0.29, 0.717) is 0 Å². The van der Waals surface area contributed by atoms with Gasteiger partial charge in [0.05, 0.1) is 6.10 Å². The van der Waals surface area contributed by atoms with Crippen molar-refractivity contribution in [3.63, 3.8) is 0 Å². The van der Waals surface area contributed by atoms with Gasteiger partial charge < -0.3 is 10.8 Å². The van der Waals surface area contributed by atoms with Crippen LogP contribution in [0.25, 0.3) is 0 Å². The van der Waals surface area contributed by atoms with Gasteiger partial charge in [-0.2, -0.15) is 0 Å². The number of hydrogen-bond donors (Lipinski definition) is 2. The number of hydrogen-bond acceptors (Lipinski definition) is 2. The van der Waals surface area contributed by atoms with Gasteiger partial charge >= 0.3 is 0 Å². The van der Waals surface area contributed by atoms with Gasteiger partial charge in [0.1, 0.15) is 0 Å². The SMILES string of the molecule is Cl.N[C@H]1CCCCC[C@H]1O. The highest BCUT2D eigenvalue weighted by molar-refractivity contribution is 5.85. The zero-order valence-corrected chi connectivity index (χ0v) is 6.94. The lowest BCUT2D eigenvalue weighted by Gasteiger charge is -2.13. The van der Waals surface area contributed by atoms with E-state index in [2.05, 4.69) is 0 Å². The summed E-state index contributed by atoms with van der Waals surface area (Å²) < 4.78 is 0. The Bertz CT molecular complexity index is 79.7. The largest absolute Gasteiger partial charge is 0.392 e. The molecule has 0 saturated heterocycles. The second-order valence-corrected chi connectivity index (χ2v) is 2.87. The molecule has 0 unspecified atom stereocenters.